The molecule has 1 heteroatoms. The van der Waals surface area contributed by atoms with E-state index in [1.165, 1.54) is 51.4 Å². The van der Waals surface area contributed by atoms with Crippen LogP contribution in [0.15, 0.2) is 23.3 Å². The van der Waals surface area contributed by atoms with Crippen LogP contribution in [0.25, 0.3) is 0 Å². The summed E-state index contributed by atoms with van der Waals surface area (Å²) < 4.78 is 0. The molecule has 0 aliphatic heterocycles. The van der Waals surface area contributed by atoms with Crippen molar-refractivity contribution in [2.75, 3.05) is 0 Å². The zero-order valence-electron chi connectivity index (χ0n) is 13.1. The summed E-state index contributed by atoms with van der Waals surface area (Å²) in [7, 11) is 0. The molecule has 2 saturated carbocycles. The number of allylic oxidation sites excluding steroid dienone is 4. The van der Waals surface area contributed by atoms with E-state index in [4.69, 9.17) is 0 Å². The standard InChI is InChI=1S/C19H30S/c1-13(2)15-3-4-18-12-16(5-6-17(18)11-15)14-7-9-19(20)10-8-14/h5,12-15,17,19-20H,3-4,6-11H2,1-2H3. The summed E-state index contributed by atoms with van der Waals surface area (Å²) in [6, 6.07) is 0. The van der Waals surface area contributed by atoms with Crippen molar-refractivity contribution in [2.24, 2.45) is 23.7 Å². The SMILES string of the molecule is CC(C)C1CCC2=CC(C3CCC(S)CC3)=CCC2C1. The maximum absolute atomic E-state index is 4.63. The molecule has 0 radical (unpaired) electrons. The second-order valence-corrected chi connectivity index (χ2v) is 8.37. The largest absolute Gasteiger partial charge is 0.176 e. The second kappa shape index (κ2) is 6.30. The van der Waals surface area contributed by atoms with Gasteiger partial charge in [-0.1, -0.05) is 31.6 Å². The minimum atomic E-state index is 0.664. The van der Waals surface area contributed by atoms with Crippen molar-refractivity contribution in [3.63, 3.8) is 0 Å². The van der Waals surface area contributed by atoms with E-state index in [9.17, 15) is 0 Å². The van der Waals surface area contributed by atoms with Gasteiger partial charge in [0.2, 0.25) is 0 Å². The van der Waals surface area contributed by atoms with Gasteiger partial charge in [0.15, 0.2) is 0 Å². The van der Waals surface area contributed by atoms with Crippen LogP contribution < -0.4 is 0 Å². The highest BCUT2D eigenvalue weighted by Gasteiger charge is 2.30. The molecule has 0 spiro atoms. The Morgan fingerprint density at radius 2 is 1.80 bits per heavy atom. The number of rotatable bonds is 2. The third-order valence-electron chi connectivity index (χ3n) is 6.02. The van der Waals surface area contributed by atoms with Crippen LogP contribution in [-0.4, -0.2) is 5.25 Å². The molecule has 3 aliphatic carbocycles. The third-order valence-corrected chi connectivity index (χ3v) is 6.53. The van der Waals surface area contributed by atoms with Gasteiger partial charge in [-0.25, -0.2) is 0 Å². The summed E-state index contributed by atoms with van der Waals surface area (Å²) in [5.74, 6) is 3.55. The van der Waals surface area contributed by atoms with Crippen LogP contribution in [0.3, 0.4) is 0 Å². The lowest BCUT2D eigenvalue weighted by Gasteiger charge is -2.37. The Hall–Kier alpha value is -0.170. The second-order valence-electron chi connectivity index (χ2n) is 7.64. The zero-order chi connectivity index (χ0) is 14.1. The monoisotopic (exact) mass is 290 g/mol. The van der Waals surface area contributed by atoms with Gasteiger partial charge in [-0.15, -0.1) is 0 Å². The van der Waals surface area contributed by atoms with E-state index in [1.54, 1.807) is 11.1 Å². The van der Waals surface area contributed by atoms with Crippen LogP contribution in [0.5, 0.6) is 0 Å². The number of fused-ring (bicyclic) bond motifs is 1. The van der Waals surface area contributed by atoms with Crippen molar-refractivity contribution in [1.82, 2.24) is 0 Å². The van der Waals surface area contributed by atoms with Gasteiger partial charge in [0.05, 0.1) is 0 Å². The first-order chi connectivity index (χ1) is 9.63. The van der Waals surface area contributed by atoms with Gasteiger partial charge in [0, 0.05) is 5.25 Å². The van der Waals surface area contributed by atoms with Crippen molar-refractivity contribution < 1.29 is 0 Å². The summed E-state index contributed by atoms with van der Waals surface area (Å²) in [5, 5.41) is 0.664. The quantitative estimate of drug-likeness (QED) is 0.610. The van der Waals surface area contributed by atoms with Crippen LogP contribution in [0.4, 0.5) is 0 Å². The molecule has 0 heterocycles. The zero-order valence-corrected chi connectivity index (χ0v) is 14.0. The van der Waals surface area contributed by atoms with E-state index in [1.807, 2.05) is 0 Å². The first kappa shape index (κ1) is 14.8. The summed E-state index contributed by atoms with van der Waals surface area (Å²) >= 11 is 4.63. The molecular formula is C19H30S. The molecular weight excluding hydrogens is 260 g/mol. The highest BCUT2D eigenvalue weighted by molar-refractivity contribution is 7.80. The van der Waals surface area contributed by atoms with E-state index in [0.717, 1.165) is 23.7 Å². The fourth-order valence-electron chi connectivity index (χ4n) is 4.48. The van der Waals surface area contributed by atoms with Gasteiger partial charge in [0.1, 0.15) is 0 Å². The summed E-state index contributed by atoms with van der Waals surface area (Å²) in [4.78, 5) is 0. The number of hydrogen-bond donors (Lipinski definition) is 1. The van der Waals surface area contributed by atoms with Crippen molar-refractivity contribution in [2.45, 2.75) is 70.5 Å². The first-order valence-electron chi connectivity index (χ1n) is 8.72. The fourth-order valence-corrected chi connectivity index (χ4v) is 4.78. The molecule has 0 amide bonds. The summed E-state index contributed by atoms with van der Waals surface area (Å²) in [6.07, 6.45) is 16.1. The summed E-state index contributed by atoms with van der Waals surface area (Å²) in [5.41, 5.74) is 3.46. The molecule has 0 bridgehead atoms. The highest BCUT2D eigenvalue weighted by atomic mass is 32.1. The predicted octanol–water partition coefficient (Wildman–Crippen LogP) is 5.80. The van der Waals surface area contributed by atoms with Gasteiger partial charge in [-0.2, -0.15) is 12.6 Å². The van der Waals surface area contributed by atoms with E-state index in [-0.39, 0.29) is 0 Å². The van der Waals surface area contributed by atoms with E-state index in [2.05, 4.69) is 38.6 Å². The predicted molar refractivity (Wildman–Crippen MR) is 91.2 cm³/mol. The van der Waals surface area contributed by atoms with E-state index in [0.29, 0.717) is 5.25 Å². The van der Waals surface area contributed by atoms with E-state index >= 15 is 0 Å². The molecule has 2 atom stereocenters. The Labute approximate surface area is 130 Å². The number of hydrogen-bond acceptors (Lipinski definition) is 1. The molecule has 20 heavy (non-hydrogen) atoms. The van der Waals surface area contributed by atoms with Crippen molar-refractivity contribution in [3.05, 3.63) is 23.3 Å². The van der Waals surface area contributed by atoms with Crippen LogP contribution in [0.1, 0.15) is 65.2 Å². The van der Waals surface area contributed by atoms with Gasteiger partial charge in [-0.3, -0.25) is 0 Å². The summed E-state index contributed by atoms with van der Waals surface area (Å²) in [6.45, 7) is 4.80. The van der Waals surface area contributed by atoms with Crippen LogP contribution in [-0.2, 0) is 0 Å². The van der Waals surface area contributed by atoms with Gasteiger partial charge in [-0.05, 0) is 80.6 Å². The average Bonchev–Trinajstić information content (AvgIpc) is 2.47. The van der Waals surface area contributed by atoms with E-state index < -0.39 is 0 Å². The third kappa shape index (κ3) is 3.18. The molecule has 0 saturated heterocycles. The Kier molecular flexibility index (Phi) is 4.65. The molecule has 3 rings (SSSR count). The smallest absolute Gasteiger partial charge is 0.00172 e. The molecule has 0 aromatic heterocycles. The maximum atomic E-state index is 4.63. The normalized spacial score (nSPS) is 38.2. The van der Waals surface area contributed by atoms with Gasteiger partial charge >= 0.3 is 0 Å². The van der Waals surface area contributed by atoms with Crippen LogP contribution >= 0.6 is 12.6 Å². The average molecular weight is 291 g/mol. The Morgan fingerprint density at radius 1 is 1.05 bits per heavy atom. The maximum Gasteiger partial charge on any atom is 0.00172 e. The molecule has 3 aliphatic rings. The Bertz CT molecular complexity index is 396. The fraction of sp³-hybridized carbons (Fsp3) is 0.789. The molecule has 2 fully saturated rings. The topological polar surface area (TPSA) is 0 Å². The lowest BCUT2D eigenvalue weighted by Crippen LogP contribution is -2.24. The lowest BCUT2D eigenvalue weighted by atomic mass is 9.69. The van der Waals surface area contributed by atoms with Gasteiger partial charge < -0.3 is 0 Å². The molecule has 0 aromatic rings. The molecule has 2 unspecified atom stereocenters. The van der Waals surface area contributed by atoms with Crippen molar-refractivity contribution >= 4 is 12.6 Å². The minimum absolute atomic E-state index is 0.664. The Balaban J connectivity index is 1.63. The van der Waals surface area contributed by atoms with Gasteiger partial charge in [0.25, 0.3) is 0 Å². The van der Waals surface area contributed by atoms with Crippen molar-refractivity contribution in [1.29, 1.82) is 0 Å². The van der Waals surface area contributed by atoms with Crippen LogP contribution in [0, 0.1) is 23.7 Å². The molecule has 0 N–H and O–H groups in total. The lowest BCUT2D eigenvalue weighted by molar-refractivity contribution is 0.259. The molecule has 0 aromatic carbocycles. The minimum Gasteiger partial charge on any atom is -0.176 e. The molecule has 112 valence electrons. The van der Waals surface area contributed by atoms with Crippen LogP contribution in [0.2, 0.25) is 0 Å². The molecule has 0 nitrogen and oxygen atoms in total. The Morgan fingerprint density at radius 3 is 2.50 bits per heavy atom. The number of thiol groups is 1. The first-order valence-corrected chi connectivity index (χ1v) is 9.23. The van der Waals surface area contributed by atoms with Crippen molar-refractivity contribution in [3.8, 4) is 0 Å². The highest BCUT2D eigenvalue weighted by Crippen LogP contribution is 2.44.